The smallest absolute Gasteiger partial charge is 0.164 e. The van der Waals surface area contributed by atoms with Crippen molar-refractivity contribution in [1.82, 2.24) is 39.0 Å². The minimum Gasteiger partial charge on any atom is -0.484 e. The number of para-hydroxylation sites is 4. The van der Waals surface area contributed by atoms with E-state index in [2.05, 4.69) is 282 Å². The van der Waals surface area contributed by atoms with Crippen LogP contribution in [-0.2, 0) is 0 Å². The summed E-state index contributed by atoms with van der Waals surface area (Å²) in [6, 6.07) is 105. The summed E-state index contributed by atoms with van der Waals surface area (Å²) in [4.78, 5) is 30.4. The second kappa shape index (κ2) is 23.9. The summed E-state index contributed by atoms with van der Waals surface area (Å²) in [6.07, 6.45) is 8.87. The average molecular weight is 1320 g/mol. The van der Waals surface area contributed by atoms with Crippen LogP contribution in [0.2, 0.25) is 0 Å². The SMILES string of the molecule is C1=CC2c3cc(-c4nc(-c5ccccc5)nc(-c5ccc6sc7ccccc7c6c5)n4)ccc3OC2c2c1n(-c1ccccc1)c1ccccc21.C1=CC2c3cc(-c4nc(-c5ccccc5)nc(-c5cccc(-c6ccccc6)c5)n4)ccc3OC2c2c1n(-c1ccccc1)c1ccccc21. The first-order valence-corrected chi connectivity index (χ1v) is 34.9. The molecule has 12 aromatic carbocycles. The van der Waals surface area contributed by atoms with Crippen molar-refractivity contribution in [2.24, 2.45) is 0 Å². The Morgan fingerprint density at radius 2 is 0.644 bits per heavy atom. The van der Waals surface area contributed by atoms with Gasteiger partial charge in [-0.15, -0.1) is 11.3 Å². The van der Waals surface area contributed by atoms with E-state index in [4.69, 9.17) is 39.4 Å². The summed E-state index contributed by atoms with van der Waals surface area (Å²) in [6.45, 7) is 0. The van der Waals surface area contributed by atoms with Gasteiger partial charge >= 0.3 is 0 Å². The van der Waals surface area contributed by atoms with Crippen molar-refractivity contribution in [3.63, 3.8) is 0 Å². The highest BCUT2D eigenvalue weighted by atomic mass is 32.1. The number of hydrogen-bond donors (Lipinski definition) is 0. The van der Waals surface area contributed by atoms with Gasteiger partial charge in [0.1, 0.15) is 23.7 Å². The third kappa shape index (κ3) is 9.99. The Labute approximate surface area is 585 Å². The van der Waals surface area contributed by atoms with Gasteiger partial charge in [-0.05, 0) is 126 Å². The molecule has 0 N–H and O–H groups in total. The number of rotatable bonds is 9. The van der Waals surface area contributed by atoms with Crippen molar-refractivity contribution in [2.75, 3.05) is 0 Å². The van der Waals surface area contributed by atoms with Crippen LogP contribution in [0.3, 0.4) is 0 Å². The number of aromatic nitrogens is 8. The van der Waals surface area contributed by atoms with Crippen LogP contribution in [0.4, 0.5) is 0 Å². The van der Waals surface area contributed by atoms with Crippen molar-refractivity contribution in [1.29, 1.82) is 0 Å². The van der Waals surface area contributed by atoms with Crippen LogP contribution in [0, 0.1) is 0 Å². The highest BCUT2D eigenvalue weighted by Gasteiger charge is 2.42. The van der Waals surface area contributed by atoms with Crippen LogP contribution in [0.15, 0.2) is 315 Å². The lowest BCUT2D eigenvalue weighted by molar-refractivity contribution is 0.224. The van der Waals surface area contributed by atoms with Crippen molar-refractivity contribution in [3.8, 4) is 102 Å². The molecular weight excluding hydrogens is 1260 g/mol. The lowest BCUT2D eigenvalue weighted by atomic mass is 9.85. The van der Waals surface area contributed by atoms with Crippen LogP contribution in [0.5, 0.6) is 11.5 Å². The van der Waals surface area contributed by atoms with Crippen LogP contribution >= 0.6 is 11.3 Å². The van der Waals surface area contributed by atoms with E-state index < -0.39 is 0 Å². The van der Waals surface area contributed by atoms with E-state index in [0.29, 0.717) is 34.9 Å². The average Bonchev–Trinajstić information content (AvgIpc) is 1.57. The largest absolute Gasteiger partial charge is 0.484 e. The Morgan fingerprint density at radius 1 is 0.277 bits per heavy atom. The molecule has 7 heterocycles. The first-order valence-electron chi connectivity index (χ1n) is 34.1. The summed E-state index contributed by atoms with van der Waals surface area (Å²) in [5.74, 6) is 5.77. The zero-order valence-electron chi connectivity index (χ0n) is 54.3. The van der Waals surface area contributed by atoms with Gasteiger partial charge in [-0.3, -0.25) is 0 Å². The second-order valence-corrected chi connectivity index (χ2v) is 27.0. The molecule has 0 amide bonds. The Balaban J connectivity index is 0.000000136. The highest BCUT2D eigenvalue weighted by Crippen LogP contribution is 2.56. The Kier molecular flexibility index (Phi) is 13.8. The fourth-order valence-corrected chi connectivity index (χ4v) is 16.5. The van der Waals surface area contributed by atoms with Crippen LogP contribution in [0.1, 0.15) is 57.7 Å². The predicted octanol–water partition coefficient (Wildman–Crippen LogP) is 22.2. The van der Waals surface area contributed by atoms with Crippen molar-refractivity contribution >= 4 is 65.5 Å². The van der Waals surface area contributed by atoms with Crippen molar-refractivity contribution < 1.29 is 9.47 Å². The molecule has 0 fully saturated rings. The van der Waals surface area contributed by atoms with Crippen molar-refractivity contribution in [3.05, 3.63) is 349 Å². The topological polar surface area (TPSA) is 106 Å². The molecule has 0 bridgehead atoms. The molecule has 11 heteroatoms. The van der Waals surface area contributed by atoms with E-state index in [-0.39, 0.29) is 24.0 Å². The Bertz CT molecular complexity index is 6190. The van der Waals surface area contributed by atoms with Crippen LogP contribution < -0.4 is 9.47 Å². The standard InChI is InChI=1S/C45H28N4OS.C45H30N4O/c1-3-11-27(12-4-1)43-46-44(48-45(47-43)29-20-24-40-35(26-29)31-15-8-10-18-39(31)51-40)28-19-23-38-34(25-28)32-21-22-37-41(42(32)50-38)33-16-7-9-17-36(33)49(37)30-13-5-2-6-14-30;1-4-13-29(14-5-1)31-17-12-18-32(27-31)44-46-43(30-15-6-2-7-16-30)47-45(48-44)33-23-26-40-37(28-33)35-24-25-39-41(42(35)50-40)36-21-10-11-22-38(36)49(39)34-19-8-3-9-20-34/h1-26,32,42H;1-28,35,42H. The number of nitrogens with zero attached hydrogens (tertiary/aromatic N) is 8. The van der Waals surface area contributed by atoms with Gasteiger partial charge in [0.05, 0.1) is 22.4 Å². The zero-order valence-corrected chi connectivity index (χ0v) is 55.1. The first-order chi connectivity index (χ1) is 50.0. The minimum absolute atomic E-state index is 0.0601. The number of hydrogen-bond acceptors (Lipinski definition) is 9. The number of ether oxygens (including phenoxy) is 2. The molecule has 0 saturated carbocycles. The van der Waals surface area contributed by atoms with Gasteiger partial charge in [-0.1, -0.05) is 212 Å². The molecule has 21 rings (SSSR count). The lowest BCUT2D eigenvalue weighted by Crippen LogP contribution is -2.13. The normalized spacial score (nSPS) is 15.8. The molecular formula is C90H58N8O2S. The molecule has 476 valence electrons. The summed E-state index contributed by atoms with van der Waals surface area (Å²) in [7, 11) is 0. The van der Waals surface area contributed by atoms with Gasteiger partial charge in [-0.25, -0.2) is 29.9 Å². The van der Waals surface area contributed by atoms with E-state index in [1.54, 1.807) is 0 Å². The maximum absolute atomic E-state index is 6.82. The number of fused-ring (bicyclic) bond motifs is 17. The molecule has 0 radical (unpaired) electrons. The summed E-state index contributed by atoms with van der Waals surface area (Å²) in [5.41, 5.74) is 19.6. The van der Waals surface area contributed by atoms with Gasteiger partial charge in [0.15, 0.2) is 34.9 Å². The van der Waals surface area contributed by atoms with E-state index in [1.807, 2.05) is 65.9 Å². The van der Waals surface area contributed by atoms with Crippen molar-refractivity contribution in [2.45, 2.75) is 24.0 Å². The Hall–Kier alpha value is -13.0. The van der Waals surface area contributed by atoms with Gasteiger partial charge in [-0.2, -0.15) is 0 Å². The molecule has 101 heavy (non-hydrogen) atoms. The summed E-state index contributed by atoms with van der Waals surface area (Å²) in [5, 5.41) is 4.90. The van der Waals surface area contributed by atoms with E-state index in [9.17, 15) is 0 Å². The van der Waals surface area contributed by atoms with Gasteiger partial charge < -0.3 is 18.6 Å². The third-order valence-electron chi connectivity index (χ3n) is 20.0. The quantitative estimate of drug-likeness (QED) is 0.141. The molecule has 10 nitrogen and oxygen atoms in total. The molecule has 2 aliphatic heterocycles. The molecule has 4 unspecified atom stereocenters. The van der Waals surface area contributed by atoms with Gasteiger partial charge in [0, 0.05) is 110 Å². The van der Waals surface area contributed by atoms with Gasteiger partial charge in [0.2, 0.25) is 0 Å². The van der Waals surface area contributed by atoms with Gasteiger partial charge in [0.25, 0.3) is 0 Å². The second-order valence-electron chi connectivity index (χ2n) is 25.9. The molecule has 4 aliphatic rings. The molecule has 0 saturated heterocycles. The maximum Gasteiger partial charge on any atom is 0.164 e. The number of thiophene rings is 1. The summed E-state index contributed by atoms with van der Waals surface area (Å²) >= 11 is 1.81. The Morgan fingerprint density at radius 3 is 1.14 bits per heavy atom. The molecule has 5 aromatic heterocycles. The minimum atomic E-state index is -0.135. The fourth-order valence-electron chi connectivity index (χ4n) is 15.4. The number of benzene rings is 12. The third-order valence-corrected chi connectivity index (χ3v) is 21.2. The monoisotopic (exact) mass is 1310 g/mol. The fraction of sp³-hybridized carbons (Fsp3) is 0.0444. The molecule has 0 spiro atoms. The zero-order chi connectivity index (χ0) is 66.5. The first kappa shape index (κ1) is 58.2. The lowest BCUT2D eigenvalue weighted by Gasteiger charge is -2.22. The maximum atomic E-state index is 6.82. The molecule has 4 atom stereocenters. The van der Waals surface area contributed by atoms with E-state index in [1.165, 1.54) is 64.5 Å². The molecule has 17 aromatic rings. The van der Waals surface area contributed by atoms with E-state index in [0.717, 1.165) is 78.5 Å². The predicted molar refractivity (Wildman–Crippen MR) is 407 cm³/mol. The van der Waals surface area contributed by atoms with Crippen LogP contribution in [0.25, 0.3) is 145 Å². The molecule has 2 aliphatic carbocycles. The summed E-state index contributed by atoms with van der Waals surface area (Å²) < 4.78 is 20.9. The van der Waals surface area contributed by atoms with E-state index >= 15 is 0 Å². The highest BCUT2D eigenvalue weighted by molar-refractivity contribution is 7.25. The van der Waals surface area contributed by atoms with Crippen LogP contribution in [-0.4, -0.2) is 39.0 Å².